The van der Waals surface area contributed by atoms with E-state index in [1.807, 2.05) is 13.8 Å². The van der Waals surface area contributed by atoms with Crippen LogP contribution in [0.5, 0.6) is 11.5 Å². The molecule has 6 nitrogen and oxygen atoms in total. The van der Waals surface area contributed by atoms with Gasteiger partial charge in [-0.15, -0.1) is 0 Å². The van der Waals surface area contributed by atoms with Gasteiger partial charge in [-0.25, -0.2) is 0 Å². The lowest BCUT2D eigenvalue weighted by molar-refractivity contribution is 0.0923. The molecule has 1 atom stereocenters. The van der Waals surface area contributed by atoms with Crippen molar-refractivity contribution in [2.45, 2.75) is 32.7 Å². The van der Waals surface area contributed by atoms with Gasteiger partial charge in [0, 0.05) is 23.7 Å². The van der Waals surface area contributed by atoms with Crippen molar-refractivity contribution >= 4 is 11.7 Å². The number of amides is 1. The van der Waals surface area contributed by atoms with Gasteiger partial charge < -0.3 is 20.5 Å². The van der Waals surface area contributed by atoms with Gasteiger partial charge in [-0.3, -0.25) is 9.59 Å². The second-order valence-corrected chi connectivity index (χ2v) is 7.06. The van der Waals surface area contributed by atoms with Crippen LogP contribution in [0.1, 0.15) is 53.0 Å². The van der Waals surface area contributed by atoms with E-state index in [1.165, 1.54) is 0 Å². The molecule has 29 heavy (non-hydrogen) atoms. The molecule has 3 N–H and O–H groups in total. The molecule has 0 aliphatic heterocycles. The first kappa shape index (κ1) is 20.9. The maximum atomic E-state index is 13.2. The third kappa shape index (κ3) is 4.95. The largest absolute Gasteiger partial charge is 0.490 e. The summed E-state index contributed by atoms with van der Waals surface area (Å²) in [5.41, 5.74) is 6.95. The fourth-order valence-corrected chi connectivity index (χ4v) is 3.34. The van der Waals surface area contributed by atoms with E-state index in [-0.39, 0.29) is 17.7 Å². The van der Waals surface area contributed by atoms with Crippen molar-refractivity contribution in [3.63, 3.8) is 0 Å². The summed E-state index contributed by atoms with van der Waals surface area (Å²) in [6.07, 6.45) is 2.16. The number of benzene rings is 2. The van der Waals surface area contributed by atoms with Crippen molar-refractivity contribution in [2.24, 2.45) is 11.7 Å². The van der Waals surface area contributed by atoms with Crippen LogP contribution in [0.3, 0.4) is 0 Å². The predicted molar refractivity (Wildman–Crippen MR) is 112 cm³/mol. The number of hydrogen-bond donors (Lipinski definition) is 2. The minimum Gasteiger partial charge on any atom is -0.490 e. The Hall–Kier alpha value is -2.86. The molecule has 3 rings (SSSR count). The SMILES string of the molecule is CCOc1ccc(C(=O)c2ccccc2C(=O)NC(CN)C2CC2)cc1OCC. The van der Waals surface area contributed by atoms with Gasteiger partial charge in [-0.05, 0) is 56.9 Å². The summed E-state index contributed by atoms with van der Waals surface area (Å²) in [6, 6.07) is 11.9. The first-order valence-corrected chi connectivity index (χ1v) is 10.1. The molecule has 0 heterocycles. The normalized spacial score (nSPS) is 14.2. The Balaban J connectivity index is 1.88. The van der Waals surface area contributed by atoms with Gasteiger partial charge in [0.1, 0.15) is 0 Å². The number of carbonyl (C=O) groups is 2. The summed E-state index contributed by atoms with van der Waals surface area (Å²) >= 11 is 0. The monoisotopic (exact) mass is 396 g/mol. The minimum absolute atomic E-state index is 0.0549. The van der Waals surface area contributed by atoms with Crippen LogP contribution in [0, 0.1) is 5.92 Å². The van der Waals surface area contributed by atoms with Crippen molar-refractivity contribution in [3.8, 4) is 11.5 Å². The van der Waals surface area contributed by atoms with Gasteiger partial charge in [0.25, 0.3) is 5.91 Å². The molecule has 1 amide bonds. The summed E-state index contributed by atoms with van der Waals surface area (Å²) in [5.74, 6) is 1.03. The Morgan fingerprint density at radius 2 is 1.69 bits per heavy atom. The Labute approximate surface area is 171 Å². The lowest BCUT2D eigenvalue weighted by atomic mass is 9.97. The van der Waals surface area contributed by atoms with E-state index in [1.54, 1.807) is 42.5 Å². The van der Waals surface area contributed by atoms with Crippen molar-refractivity contribution in [3.05, 3.63) is 59.2 Å². The van der Waals surface area contributed by atoms with E-state index in [0.717, 1.165) is 12.8 Å². The molecule has 1 unspecified atom stereocenters. The average Bonchev–Trinajstić information content (AvgIpc) is 3.58. The molecule has 0 saturated heterocycles. The number of nitrogens with one attached hydrogen (secondary N) is 1. The van der Waals surface area contributed by atoms with E-state index in [4.69, 9.17) is 15.2 Å². The topological polar surface area (TPSA) is 90.7 Å². The zero-order chi connectivity index (χ0) is 20.8. The molecule has 2 aromatic rings. The zero-order valence-electron chi connectivity index (χ0n) is 16.9. The van der Waals surface area contributed by atoms with Gasteiger partial charge in [0.15, 0.2) is 17.3 Å². The maximum Gasteiger partial charge on any atom is 0.252 e. The first-order chi connectivity index (χ1) is 14.1. The molecular weight excluding hydrogens is 368 g/mol. The second-order valence-electron chi connectivity index (χ2n) is 7.06. The number of rotatable bonds is 10. The first-order valence-electron chi connectivity index (χ1n) is 10.1. The summed E-state index contributed by atoms with van der Waals surface area (Å²) in [7, 11) is 0. The lowest BCUT2D eigenvalue weighted by Gasteiger charge is -2.17. The maximum absolute atomic E-state index is 13.2. The highest BCUT2D eigenvalue weighted by Gasteiger charge is 2.32. The molecule has 154 valence electrons. The van der Waals surface area contributed by atoms with E-state index in [2.05, 4.69) is 5.32 Å². The molecule has 1 aliphatic carbocycles. The fraction of sp³-hybridized carbons (Fsp3) is 0.391. The van der Waals surface area contributed by atoms with E-state index in [0.29, 0.717) is 53.9 Å². The molecular formula is C23H28N2O4. The fourth-order valence-electron chi connectivity index (χ4n) is 3.34. The van der Waals surface area contributed by atoms with Crippen LogP contribution in [0.4, 0.5) is 0 Å². The standard InChI is InChI=1S/C23H28N2O4/c1-3-28-20-12-11-16(13-21(20)29-4-2)22(26)17-7-5-6-8-18(17)23(27)25-19(14-24)15-9-10-15/h5-8,11-13,15,19H,3-4,9-10,14,24H2,1-2H3,(H,25,27). The third-order valence-corrected chi connectivity index (χ3v) is 4.98. The van der Waals surface area contributed by atoms with Crippen LogP contribution in [0.2, 0.25) is 0 Å². The summed E-state index contributed by atoms with van der Waals surface area (Å²) < 4.78 is 11.2. The lowest BCUT2D eigenvalue weighted by Crippen LogP contribution is -2.42. The summed E-state index contributed by atoms with van der Waals surface area (Å²) in [5, 5.41) is 2.99. The van der Waals surface area contributed by atoms with Gasteiger partial charge in [0.2, 0.25) is 0 Å². The van der Waals surface area contributed by atoms with Crippen LogP contribution in [0.25, 0.3) is 0 Å². The van der Waals surface area contributed by atoms with Crippen molar-refractivity contribution in [1.29, 1.82) is 0 Å². The number of ketones is 1. The molecule has 0 bridgehead atoms. The number of nitrogens with two attached hydrogens (primary N) is 1. The zero-order valence-corrected chi connectivity index (χ0v) is 16.9. The molecule has 1 saturated carbocycles. The van der Waals surface area contributed by atoms with Crippen molar-refractivity contribution in [1.82, 2.24) is 5.32 Å². The minimum atomic E-state index is -0.271. The van der Waals surface area contributed by atoms with Gasteiger partial charge in [-0.1, -0.05) is 18.2 Å². The van der Waals surface area contributed by atoms with Crippen molar-refractivity contribution < 1.29 is 19.1 Å². The molecule has 2 aromatic carbocycles. The molecule has 0 radical (unpaired) electrons. The highest BCUT2D eigenvalue weighted by molar-refractivity contribution is 6.15. The van der Waals surface area contributed by atoms with E-state index >= 15 is 0 Å². The average molecular weight is 396 g/mol. The molecule has 1 aliphatic rings. The van der Waals surface area contributed by atoms with Crippen molar-refractivity contribution in [2.75, 3.05) is 19.8 Å². The molecule has 6 heteroatoms. The van der Waals surface area contributed by atoms with Crippen LogP contribution in [0.15, 0.2) is 42.5 Å². The van der Waals surface area contributed by atoms with Crippen LogP contribution in [-0.2, 0) is 0 Å². The number of hydrogen-bond acceptors (Lipinski definition) is 5. The molecule has 0 spiro atoms. The van der Waals surface area contributed by atoms with Crippen LogP contribution >= 0.6 is 0 Å². The highest BCUT2D eigenvalue weighted by Crippen LogP contribution is 2.33. The predicted octanol–water partition coefficient (Wildman–Crippen LogP) is 3.18. The van der Waals surface area contributed by atoms with Crippen LogP contribution < -0.4 is 20.5 Å². The number of ether oxygens (including phenoxy) is 2. The van der Waals surface area contributed by atoms with E-state index < -0.39 is 0 Å². The summed E-state index contributed by atoms with van der Waals surface area (Å²) in [6.45, 7) is 5.11. The Bertz CT molecular complexity index is 877. The van der Waals surface area contributed by atoms with E-state index in [9.17, 15) is 9.59 Å². The van der Waals surface area contributed by atoms with Crippen LogP contribution in [-0.4, -0.2) is 37.5 Å². The van der Waals surface area contributed by atoms with Gasteiger partial charge >= 0.3 is 0 Å². The second kappa shape index (κ2) is 9.56. The Kier molecular flexibility index (Phi) is 6.88. The smallest absolute Gasteiger partial charge is 0.252 e. The highest BCUT2D eigenvalue weighted by atomic mass is 16.5. The number of carbonyl (C=O) groups excluding carboxylic acids is 2. The Morgan fingerprint density at radius 1 is 1.03 bits per heavy atom. The molecule has 1 fully saturated rings. The Morgan fingerprint density at radius 3 is 2.31 bits per heavy atom. The quantitative estimate of drug-likeness (QED) is 0.602. The van der Waals surface area contributed by atoms with Gasteiger partial charge in [-0.2, -0.15) is 0 Å². The third-order valence-electron chi connectivity index (χ3n) is 4.98. The van der Waals surface area contributed by atoms with Gasteiger partial charge in [0.05, 0.1) is 18.8 Å². The molecule has 0 aromatic heterocycles. The summed E-state index contributed by atoms with van der Waals surface area (Å²) in [4.78, 5) is 26.0.